The van der Waals surface area contributed by atoms with Crippen LogP contribution in [0.5, 0.6) is 0 Å². The van der Waals surface area contributed by atoms with E-state index >= 15 is 0 Å². The molecule has 2 heterocycles. The lowest BCUT2D eigenvalue weighted by Crippen LogP contribution is -2.39. The van der Waals surface area contributed by atoms with Crippen LogP contribution in [0.4, 0.5) is 5.82 Å². The number of nitrogens with one attached hydrogen (secondary N) is 1. The summed E-state index contributed by atoms with van der Waals surface area (Å²) in [5.74, 6) is 1.08. The zero-order valence-corrected chi connectivity index (χ0v) is 18.8. The second kappa shape index (κ2) is 9.03. The van der Waals surface area contributed by atoms with Gasteiger partial charge in [-0.25, -0.2) is 9.97 Å². The summed E-state index contributed by atoms with van der Waals surface area (Å²) in [6, 6.07) is 12.1. The third kappa shape index (κ3) is 4.23. The number of aromatic nitrogens is 2. The molecule has 5 heteroatoms. The lowest BCUT2D eigenvalue weighted by atomic mass is 9.90. The van der Waals surface area contributed by atoms with Crippen molar-refractivity contribution in [3.63, 3.8) is 0 Å². The quantitative estimate of drug-likeness (QED) is 0.550. The van der Waals surface area contributed by atoms with Crippen molar-refractivity contribution in [2.45, 2.75) is 69.9 Å². The van der Waals surface area contributed by atoms with E-state index in [1.807, 2.05) is 11.3 Å². The van der Waals surface area contributed by atoms with Gasteiger partial charge < -0.3 is 10.2 Å². The molecule has 3 aromatic rings. The minimum atomic E-state index is 0.536. The molecule has 0 spiro atoms. The molecule has 1 aromatic carbocycles. The first-order valence-electron chi connectivity index (χ1n) is 11.5. The van der Waals surface area contributed by atoms with Crippen LogP contribution in [0.15, 0.2) is 36.7 Å². The van der Waals surface area contributed by atoms with Gasteiger partial charge in [-0.1, -0.05) is 30.3 Å². The summed E-state index contributed by atoms with van der Waals surface area (Å²) in [5.41, 5.74) is 2.97. The molecule has 0 saturated heterocycles. The van der Waals surface area contributed by atoms with E-state index in [-0.39, 0.29) is 0 Å². The van der Waals surface area contributed by atoms with Crippen molar-refractivity contribution in [1.29, 1.82) is 0 Å². The molecule has 0 unspecified atom stereocenters. The maximum atomic E-state index is 4.65. The molecule has 30 heavy (non-hydrogen) atoms. The highest BCUT2D eigenvalue weighted by molar-refractivity contribution is 7.19. The van der Waals surface area contributed by atoms with Gasteiger partial charge in [-0.05, 0) is 82.5 Å². The predicted octanol–water partition coefficient (Wildman–Crippen LogP) is 5.47. The Balaban J connectivity index is 1.14. The molecule has 158 valence electrons. The molecule has 0 atom stereocenters. The summed E-state index contributed by atoms with van der Waals surface area (Å²) in [5, 5.41) is 5.12. The highest BCUT2D eigenvalue weighted by Gasteiger charge is 2.26. The van der Waals surface area contributed by atoms with E-state index < -0.39 is 0 Å². The van der Waals surface area contributed by atoms with Crippen molar-refractivity contribution in [3.05, 3.63) is 52.7 Å². The summed E-state index contributed by atoms with van der Waals surface area (Å²) in [4.78, 5) is 14.5. The fourth-order valence-corrected chi connectivity index (χ4v) is 6.48. The molecular weight excluding hydrogens is 388 g/mol. The molecule has 0 aliphatic heterocycles. The Morgan fingerprint density at radius 1 is 1.07 bits per heavy atom. The molecule has 0 bridgehead atoms. The minimum absolute atomic E-state index is 0.536. The maximum absolute atomic E-state index is 4.65. The van der Waals surface area contributed by atoms with Crippen molar-refractivity contribution in [2.24, 2.45) is 0 Å². The Kier molecular flexibility index (Phi) is 6.00. The van der Waals surface area contributed by atoms with Gasteiger partial charge in [-0.2, -0.15) is 0 Å². The van der Waals surface area contributed by atoms with Crippen molar-refractivity contribution in [3.8, 4) is 0 Å². The van der Waals surface area contributed by atoms with Crippen LogP contribution in [0.1, 0.15) is 54.5 Å². The summed E-state index contributed by atoms with van der Waals surface area (Å²) >= 11 is 1.88. The largest absolute Gasteiger partial charge is 0.367 e. The normalized spacial score (nSPS) is 21.3. The zero-order chi connectivity index (χ0) is 20.3. The topological polar surface area (TPSA) is 41.0 Å². The van der Waals surface area contributed by atoms with Gasteiger partial charge in [0.1, 0.15) is 17.0 Å². The van der Waals surface area contributed by atoms with Gasteiger partial charge >= 0.3 is 0 Å². The van der Waals surface area contributed by atoms with Crippen molar-refractivity contribution in [2.75, 3.05) is 18.9 Å². The number of nitrogens with zero attached hydrogens (tertiary/aromatic N) is 3. The highest BCUT2D eigenvalue weighted by atomic mass is 32.1. The van der Waals surface area contributed by atoms with Crippen molar-refractivity contribution in [1.82, 2.24) is 14.9 Å². The maximum Gasteiger partial charge on any atom is 0.138 e. The molecule has 2 aliphatic rings. The lowest BCUT2D eigenvalue weighted by Gasteiger charge is -2.35. The number of anilines is 1. The van der Waals surface area contributed by atoms with E-state index in [1.165, 1.54) is 90.6 Å². The fourth-order valence-electron chi connectivity index (χ4n) is 5.25. The third-order valence-electron chi connectivity index (χ3n) is 6.98. The van der Waals surface area contributed by atoms with Gasteiger partial charge in [0.25, 0.3) is 0 Å². The Morgan fingerprint density at radius 3 is 2.73 bits per heavy atom. The van der Waals surface area contributed by atoms with Crippen molar-refractivity contribution < 1.29 is 0 Å². The van der Waals surface area contributed by atoms with Crippen LogP contribution >= 0.6 is 11.3 Å². The SMILES string of the molecule is CN(CCCc1ccccc1)C1CCC(Nc2ncnc3sc4c(c23)CCC4)CC1. The Bertz CT molecular complexity index is 975. The number of thiophene rings is 1. The molecular formula is C25H32N4S. The van der Waals surface area contributed by atoms with Gasteiger partial charge in [-0.15, -0.1) is 11.3 Å². The monoisotopic (exact) mass is 420 g/mol. The molecule has 2 aromatic heterocycles. The average molecular weight is 421 g/mol. The number of fused-ring (bicyclic) bond motifs is 3. The molecule has 0 amide bonds. The van der Waals surface area contributed by atoms with Crippen LogP contribution in [-0.2, 0) is 19.3 Å². The standard InChI is InChI=1S/C25H32N4S/c1-29(16-6-9-18-7-3-2-4-8-18)20-14-12-19(13-15-20)28-24-23-21-10-5-11-22(21)30-25(23)27-17-26-24/h2-4,7-8,17,19-20H,5-6,9-16H2,1H3,(H,26,27,28). The second-order valence-corrected chi connectivity index (χ2v) is 10.1. The average Bonchev–Trinajstić information content (AvgIpc) is 3.36. The van der Waals surface area contributed by atoms with E-state index in [0.29, 0.717) is 6.04 Å². The Hall–Kier alpha value is -1.98. The van der Waals surface area contributed by atoms with E-state index in [9.17, 15) is 0 Å². The molecule has 1 N–H and O–H groups in total. The zero-order valence-electron chi connectivity index (χ0n) is 17.9. The lowest BCUT2D eigenvalue weighted by molar-refractivity contribution is 0.185. The van der Waals surface area contributed by atoms with Crippen LogP contribution in [0.2, 0.25) is 0 Å². The van der Waals surface area contributed by atoms with Gasteiger partial charge in [0.05, 0.1) is 5.39 Å². The highest BCUT2D eigenvalue weighted by Crippen LogP contribution is 2.39. The Morgan fingerprint density at radius 2 is 1.90 bits per heavy atom. The van der Waals surface area contributed by atoms with E-state index in [2.05, 4.69) is 57.6 Å². The molecule has 5 rings (SSSR count). The number of hydrogen-bond donors (Lipinski definition) is 1. The predicted molar refractivity (Wildman–Crippen MR) is 126 cm³/mol. The van der Waals surface area contributed by atoms with Crippen LogP contribution < -0.4 is 5.32 Å². The molecule has 4 nitrogen and oxygen atoms in total. The van der Waals surface area contributed by atoms with Gasteiger partial charge in [-0.3, -0.25) is 0 Å². The summed E-state index contributed by atoms with van der Waals surface area (Å²) in [7, 11) is 2.31. The second-order valence-electron chi connectivity index (χ2n) is 8.98. The fraction of sp³-hybridized carbons (Fsp3) is 0.520. The van der Waals surface area contributed by atoms with Crippen LogP contribution in [0, 0.1) is 0 Å². The van der Waals surface area contributed by atoms with Gasteiger partial charge in [0.15, 0.2) is 0 Å². The first-order valence-corrected chi connectivity index (χ1v) is 12.4. The Labute approximate surface area is 183 Å². The van der Waals surface area contributed by atoms with E-state index in [0.717, 1.165) is 11.9 Å². The number of rotatable bonds is 7. The molecule has 2 aliphatic carbocycles. The van der Waals surface area contributed by atoms with Gasteiger partial charge in [0, 0.05) is 17.0 Å². The summed E-state index contributed by atoms with van der Waals surface area (Å²) in [6.07, 6.45) is 12.9. The number of benzene rings is 1. The minimum Gasteiger partial charge on any atom is -0.367 e. The number of hydrogen-bond acceptors (Lipinski definition) is 5. The summed E-state index contributed by atoms with van der Waals surface area (Å²) in [6.45, 7) is 1.19. The third-order valence-corrected chi connectivity index (χ3v) is 8.18. The van der Waals surface area contributed by atoms with Crippen LogP contribution in [0.25, 0.3) is 10.2 Å². The van der Waals surface area contributed by atoms with E-state index in [4.69, 9.17) is 0 Å². The van der Waals surface area contributed by atoms with Crippen LogP contribution in [0.3, 0.4) is 0 Å². The van der Waals surface area contributed by atoms with E-state index in [1.54, 1.807) is 6.33 Å². The first kappa shape index (κ1) is 20.0. The number of aryl methyl sites for hydroxylation is 3. The summed E-state index contributed by atoms with van der Waals surface area (Å²) < 4.78 is 0. The first-order chi connectivity index (χ1) is 14.8. The van der Waals surface area contributed by atoms with Crippen molar-refractivity contribution >= 4 is 27.4 Å². The molecule has 1 saturated carbocycles. The van der Waals surface area contributed by atoms with Crippen LogP contribution in [-0.4, -0.2) is 40.5 Å². The smallest absolute Gasteiger partial charge is 0.138 e. The molecule has 1 fully saturated rings. The van der Waals surface area contributed by atoms with Gasteiger partial charge in [0.2, 0.25) is 0 Å². The molecule has 0 radical (unpaired) electrons.